The molecule has 1 aliphatic rings. The number of carbonyl (C=O) groups is 2. The van der Waals surface area contributed by atoms with Crippen molar-refractivity contribution in [2.45, 2.75) is 46.5 Å². The maximum Gasteiger partial charge on any atom is 0.228 e. The van der Waals surface area contributed by atoms with Crippen molar-refractivity contribution >= 4 is 17.5 Å². The number of carbonyl (C=O) groups excluding carboxylic acids is 2. The van der Waals surface area contributed by atoms with E-state index in [9.17, 15) is 9.59 Å². The topological polar surface area (TPSA) is 49.4 Å². The lowest BCUT2D eigenvalue weighted by molar-refractivity contribution is -0.133. The molecule has 0 heterocycles. The molecule has 0 bridgehead atoms. The lowest BCUT2D eigenvalue weighted by atomic mass is 9.86. The second kappa shape index (κ2) is 6.73. The minimum Gasteiger partial charge on any atom is -0.343 e. The lowest BCUT2D eigenvalue weighted by Gasteiger charge is -2.23. The van der Waals surface area contributed by atoms with Crippen LogP contribution in [0.15, 0.2) is 24.3 Å². The number of benzene rings is 1. The average Bonchev–Trinajstić information content (AvgIpc) is 3.28. The molecule has 1 aromatic carbocycles. The van der Waals surface area contributed by atoms with E-state index < -0.39 is 0 Å². The normalized spacial score (nSPS) is 20.0. The van der Waals surface area contributed by atoms with Crippen molar-refractivity contribution in [3.8, 4) is 0 Å². The molecule has 0 saturated heterocycles. The number of hydrogen-bond acceptors (Lipinski definition) is 2. The van der Waals surface area contributed by atoms with E-state index in [0.717, 1.165) is 11.3 Å². The van der Waals surface area contributed by atoms with E-state index in [1.807, 2.05) is 38.1 Å². The van der Waals surface area contributed by atoms with Crippen LogP contribution in [0.1, 0.15) is 46.6 Å². The van der Waals surface area contributed by atoms with Crippen LogP contribution in [0.3, 0.4) is 0 Å². The molecule has 4 heteroatoms. The van der Waals surface area contributed by atoms with Gasteiger partial charge in [-0.2, -0.15) is 0 Å². The fourth-order valence-electron chi connectivity index (χ4n) is 3.00. The first-order valence-corrected chi connectivity index (χ1v) is 8.48. The predicted molar refractivity (Wildman–Crippen MR) is 93.3 cm³/mol. The van der Waals surface area contributed by atoms with Crippen LogP contribution in [0, 0.1) is 11.8 Å². The smallest absolute Gasteiger partial charge is 0.228 e. The minimum atomic E-state index is -0.184. The van der Waals surface area contributed by atoms with Gasteiger partial charge in [0.1, 0.15) is 0 Å². The van der Waals surface area contributed by atoms with Gasteiger partial charge in [0, 0.05) is 18.8 Å². The number of hydrogen-bond donors (Lipinski definition) is 1. The van der Waals surface area contributed by atoms with Gasteiger partial charge >= 0.3 is 0 Å². The quantitative estimate of drug-likeness (QED) is 0.905. The molecule has 1 fully saturated rings. The van der Waals surface area contributed by atoms with Crippen LogP contribution in [0.25, 0.3) is 0 Å². The molecule has 2 rings (SSSR count). The van der Waals surface area contributed by atoms with E-state index >= 15 is 0 Å². The van der Waals surface area contributed by atoms with E-state index in [-0.39, 0.29) is 29.1 Å². The zero-order valence-electron chi connectivity index (χ0n) is 14.8. The number of para-hydroxylation sites is 1. The van der Waals surface area contributed by atoms with E-state index in [4.69, 9.17) is 0 Å². The fraction of sp³-hybridized carbons (Fsp3) is 0.579. The number of rotatable bonds is 5. The first kappa shape index (κ1) is 17.5. The highest BCUT2D eigenvalue weighted by Gasteiger charge is 2.49. The Kier molecular flexibility index (Phi) is 5.12. The summed E-state index contributed by atoms with van der Waals surface area (Å²) in [7, 11) is 0. The van der Waals surface area contributed by atoms with Crippen LogP contribution < -0.4 is 5.32 Å². The highest BCUT2D eigenvalue weighted by molar-refractivity contribution is 6.00. The molecule has 0 aliphatic heterocycles. The molecule has 1 aromatic rings. The lowest BCUT2D eigenvalue weighted by Crippen LogP contribution is -2.33. The average molecular weight is 316 g/mol. The van der Waals surface area contributed by atoms with Crippen LogP contribution in [0.2, 0.25) is 0 Å². The number of nitrogens with zero attached hydrogens (tertiary/aromatic N) is 1. The summed E-state index contributed by atoms with van der Waals surface area (Å²) in [6.07, 6.45) is 0.666. The Morgan fingerprint density at radius 1 is 1.13 bits per heavy atom. The SMILES string of the molecule is CCN(CC)C(=O)C1CC1C(=O)Nc1ccccc1C(C)(C)C. The molecule has 23 heavy (non-hydrogen) atoms. The van der Waals surface area contributed by atoms with Gasteiger partial charge in [-0.3, -0.25) is 9.59 Å². The number of nitrogens with one attached hydrogen (secondary N) is 1. The van der Waals surface area contributed by atoms with Gasteiger partial charge in [0.15, 0.2) is 0 Å². The van der Waals surface area contributed by atoms with E-state index in [1.165, 1.54) is 0 Å². The van der Waals surface area contributed by atoms with Crippen molar-refractivity contribution in [1.29, 1.82) is 0 Å². The molecule has 1 saturated carbocycles. The third-order valence-corrected chi connectivity index (χ3v) is 4.51. The van der Waals surface area contributed by atoms with Gasteiger partial charge in [0.2, 0.25) is 11.8 Å². The zero-order chi connectivity index (χ0) is 17.2. The van der Waals surface area contributed by atoms with Crippen LogP contribution in [0.5, 0.6) is 0 Å². The summed E-state index contributed by atoms with van der Waals surface area (Å²) in [4.78, 5) is 26.6. The molecule has 0 aromatic heterocycles. The highest BCUT2D eigenvalue weighted by Crippen LogP contribution is 2.41. The summed E-state index contributed by atoms with van der Waals surface area (Å²) in [6.45, 7) is 11.7. The molecule has 0 spiro atoms. The number of anilines is 1. The largest absolute Gasteiger partial charge is 0.343 e. The Labute approximate surface area is 139 Å². The molecular weight excluding hydrogens is 288 g/mol. The first-order chi connectivity index (χ1) is 10.8. The zero-order valence-corrected chi connectivity index (χ0v) is 14.8. The minimum absolute atomic E-state index is 0.0350. The van der Waals surface area contributed by atoms with Crippen molar-refractivity contribution in [3.05, 3.63) is 29.8 Å². The van der Waals surface area contributed by atoms with E-state index in [0.29, 0.717) is 19.5 Å². The third-order valence-electron chi connectivity index (χ3n) is 4.51. The van der Waals surface area contributed by atoms with Gasteiger partial charge < -0.3 is 10.2 Å². The van der Waals surface area contributed by atoms with Crippen molar-refractivity contribution < 1.29 is 9.59 Å². The predicted octanol–water partition coefficient (Wildman–Crippen LogP) is 3.43. The summed E-state index contributed by atoms with van der Waals surface area (Å²) in [6, 6.07) is 7.89. The van der Waals surface area contributed by atoms with Gasteiger partial charge in [-0.15, -0.1) is 0 Å². The monoisotopic (exact) mass is 316 g/mol. The maximum absolute atomic E-state index is 12.5. The maximum atomic E-state index is 12.5. The molecule has 0 radical (unpaired) electrons. The van der Waals surface area contributed by atoms with Gasteiger partial charge in [0.05, 0.1) is 11.8 Å². The van der Waals surface area contributed by atoms with Crippen LogP contribution in [-0.2, 0) is 15.0 Å². The summed E-state index contributed by atoms with van der Waals surface area (Å²) < 4.78 is 0. The Bertz CT molecular complexity index is 585. The molecule has 1 aliphatic carbocycles. The number of amides is 2. The van der Waals surface area contributed by atoms with Crippen molar-refractivity contribution in [2.24, 2.45) is 11.8 Å². The van der Waals surface area contributed by atoms with Crippen LogP contribution in [0.4, 0.5) is 5.69 Å². The Morgan fingerprint density at radius 3 is 2.30 bits per heavy atom. The van der Waals surface area contributed by atoms with Crippen LogP contribution >= 0.6 is 0 Å². The van der Waals surface area contributed by atoms with Gasteiger partial charge in [-0.25, -0.2) is 0 Å². The standard InChI is InChI=1S/C19H28N2O2/c1-6-21(7-2)18(23)14-12-13(14)17(22)20-16-11-9-8-10-15(16)19(3,4)5/h8-11,13-14H,6-7,12H2,1-5H3,(H,20,22). The summed E-state index contributed by atoms with van der Waals surface area (Å²) in [5.74, 6) is -0.251. The van der Waals surface area contributed by atoms with Gasteiger partial charge in [0.25, 0.3) is 0 Å². The van der Waals surface area contributed by atoms with Crippen molar-refractivity contribution in [2.75, 3.05) is 18.4 Å². The molecule has 2 atom stereocenters. The van der Waals surface area contributed by atoms with Gasteiger partial charge in [-0.1, -0.05) is 39.0 Å². The summed E-state index contributed by atoms with van der Waals surface area (Å²) in [5, 5.41) is 3.03. The molecular formula is C19H28N2O2. The Hall–Kier alpha value is -1.84. The van der Waals surface area contributed by atoms with Crippen molar-refractivity contribution in [3.63, 3.8) is 0 Å². The fourth-order valence-corrected chi connectivity index (χ4v) is 3.00. The Balaban J connectivity index is 2.04. The van der Waals surface area contributed by atoms with E-state index in [1.54, 1.807) is 4.90 Å². The summed E-state index contributed by atoms with van der Waals surface area (Å²) >= 11 is 0. The second-order valence-corrected chi connectivity index (χ2v) is 7.24. The molecule has 126 valence electrons. The van der Waals surface area contributed by atoms with Crippen LogP contribution in [-0.4, -0.2) is 29.8 Å². The first-order valence-electron chi connectivity index (χ1n) is 8.48. The highest BCUT2D eigenvalue weighted by atomic mass is 16.2. The van der Waals surface area contributed by atoms with Gasteiger partial charge in [-0.05, 0) is 37.3 Å². The molecule has 4 nitrogen and oxygen atoms in total. The molecule has 2 unspecified atom stereocenters. The summed E-state index contributed by atoms with van der Waals surface area (Å²) in [5.41, 5.74) is 1.93. The molecule has 1 N–H and O–H groups in total. The second-order valence-electron chi connectivity index (χ2n) is 7.24. The third kappa shape index (κ3) is 3.92. The molecule has 2 amide bonds. The Morgan fingerprint density at radius 2 is 1.74 bits per heavy atom. The van der Waals surface area contributed by atoms with Crippen molar-refractivity contribution in [1.82, 2.24) is 4.90 Å². The van der Waals surface area contributed by atoms with E-state index in [2.05, 4.69) is 26.1 Å².